The predicted octanol–water partition coefficient (Wildman–Crippen LogP) is 1.89. The number of nitrogens with zero attached hydrogens (tertiary/aromatic N) is 6. The zero-order chi connectivity index (χ0) is 30.2. The van der Waals surface area contributed by atoms with Gasteiger partial charge < -0.3 is 15.0 Å². The Bertz CT molecular complexity index is 1450. The van der Waals surface area contributed by atoms with Gasteiger partial charge in [-0.25, -0.2) is 19.0 Å². The van der Waals surface area contributed by atoms with Crippen LogP contribution in [0.2, 0.25) is 0 Å². The Balaban J connectivity index is 1.09. The van der Waals surface area contributed by atoms with Crippen molar-refractivity contribution in [2.75, 3.05) is 53.4 Å². The topological polar surface area (TPSA) is 129 Å². The molecule has 3 saturated heterocycles. The summed E-state index contributed by atoms with van der Waals surface area (Å²) in [5.41, 5.74) is 1.05. The lowest BCUT2D eigenvalue weighted by Crippen LogP contribution is -2.53. The highest BCUT2D eigenvalue weighted by molar-refractivity contribution is 7.86. The first-order valence-electron chi connectivity index (χ1n) is 14.9. The second kappa shape index (κ2) is 12.3. The molecule has 42 heavy (non-hydrogen) atoms. The number of imidazole rings is 1. The van der Waals surface area contributed by atoms with Crippen LogP contribution in [0.5, 0.6) is 0 Å². The maximum Gasteiger partial charge on any atom is 0.409 e. The molecule has 0 radical (unpaired) electrons. The number of benzene rings is 1. The van der Waals surface area contributed by atoms with Crippen molar-refractivity contribution in [1.82, 2.24) is 32.9 Å². The lowest BCUT2D eigenvalue weighted by Gasteiger charge is -2.39. The summed E-state index contributed by atoms with van der Waals surface area (Å²) < 4.78 is 35.5. The van der Waals surface area contributed by atoms with Gasteiger partial charge >= 0.3 is 17.8 Å². The Labute approximate surface area is 247 Å². The van der Waals surface area contributed by atoms with Gasteiger partial charge in [-0.05, 0) is 58.1 Å². The zero-order valence-electron chi connectivity index (χ0n) is 24.9. The zero-order valence-corrected chi connectivity index (χ0v) is 25.8. The minimum absolute atomic E-state index is 0.00730. The molecule has 3 aliphatic heterocycles. The maximum atomic E-state index is 13.3. The van der Waals surface area contributed by atoms with Crippen LogP contribution in [0, 0.1) is 0 Å². The van der Waals surface area contributed by atoms with Gasteiger partial charge in [0, 0.05) is 71.0 Å². The number of piperidine rings is 1. The molecule has 3 aliphatic rings. The molecule has 0 unspecified atom stereocenters. The summed E-state index contributed by atoms with van der Waals surface area (Å²) in [6.45, 7) is 6.09. The van der Waals surface area contributed by atoms with Crippen molar-refractivity contribution < 1.29 is 22.7 Å². The van der Waals surface area contributed by atoms with Crippen molar-refractivity contribution >= 4 is 33.4 Å². The summed E-state index contributed by atoms with van der Waals surface area (Å²) in [6.07, 6.45) is 4.05. The number of ether oxygens (including phenoxy) is 1. The minimum atomic E-state index is -3.48. The molecular formula is C28H43N7O6S. The van der Waals surface area contributed by atoms with Crippen molar-refractivity contribution in [3.8, 4) is 0 Å². The minimum Gasteiger partial charge on any atom is -0.449 e. The highest BCUT2D eigenvalue weighted by Gasteiger charge is 2.41. The van der Waals surface area contributed by atoms with Gasteiger partial charge in [0.15, 0.2) is 0 Å². The van der Waals surface area contributed by atoms with E-state index in [2.05, 4.69) is 10.2 Å². The third-order valence-electron chi connectivity index (χ3n) is 8.78. The van der Waals surface area contributed by atoms with E-state index in [4.69, 9.17) is 4.74 Å². The second-order valence-electron chi connectivity index (χ2n) is 12.0. The largest absolute Gasteiger partial charge is 0.449 e. The van der Waals surface area contributed by atoms with Gasteiger partial charge in [0.2, 0.25) is 0 Å². The average molecular weight is 606 g/mol. The molecule has 3 fully saturated rings. The van der Waals surface area contributed by atoms with E-state index in [1.54, 1.807) is 9.47 Å². The summed E-state index contributed by atoms with van der Waals surface area (Å²) >= 11 is 0. The second-order valence-corrected chi connectivity index (χ2v) is 14.1. The summed E-state index contributed by atoms with van der Waals surface area (Å²) in [6, 6.07) is 7.62. The van der Waals surface area contributed by atoms with Crippen LogP contribution in [0.15, 0.2) is 29.1 Å². The highest BCUT2D eigenvalue weighted by Crippen LogP contribution is 2.36. The molecule has 0 aliphatic carbocycles. The van der Waals surface area contributed by atoms with Gasteiger partial charge in [0.25, 0.3) is 10.2 Å². The van der Waals surface area contributed by atoms with Crippen molar-refractivity contribution in [1.29, 1.82) is 0 Å². The van der Waals surface area contributed by atoms with Crippen LogP contribution in [0.3, 0.4) is 0 Å². The number of piperazine rings is 1. The van der Waals surface area contributed by atoms with Crippen LogP contribution in [-0.2, 0) is 14.9 Å². The van der Waals surface area contributed by atoms with Gasteiger partial charge in [-0.1, -0.05) is 12.1 Å². The summed E-state index contributed by atoms with van der Waals surface area (Å²) in [7, 11) is -0.488. The molecule has 2 amide bonds. The van der Waals surface area contributed by atoms with Gasteiger partial charge in [0.05, 0.1) is 17.6 Å². The molecule has 1 aromatic carbocycles. The van der Waals surface area contributed by atoms with Crippen LogP contribution >= 0.6 is 0 Å². The Kier molecular flexibility index (Phi) is 8.97. The highest BCUT2D eigenvalue weighted by atomic mass is 32.2. The predicted molar refractivity (Wildman–Crippen MR) is 159 cm³/mol. The quantitative estimate of drug-likeness (QED) is 0.455. The fourth-order valence-corrected chi connectivity index (χ4v) is 7.78. The van der Waals surface area contributed by atoms with Crippen LogP contribution < -0.4 is 11.0 Å². The molecule has 13 nitrogen and oxygen atoms in total. The molecule has 232 valence electrons. The number of amides is 2. The van der Waals surface area contributed by atoms with Gasteiger partial charge in [-0.15, -0.1) is 0 Å². The molecule has 0 spiro atoms. The van der Waals surface area contributed by atoms with E-state index < -0.39 is 16.3 Å². The van der Waals surface area contributed by atoms with E-state index in [9.17, 15) is 22.8 Å². The first kappa shape index (κ1) is 30.5. The Morgan fingerprint density at radius 3 is 2.24 bits per heavy atom. The number of carbonyl (C=O) groups is 2. The summed E-state index contributed by atoms with van der Waals surface area (Å²) in [5.74, 6) is 0. The van der Waals surface area contributed by atoms with E-state index >= 15 is 0 Å². The standard InChI is InChI=1S/C28H43N7O6S/c1-20(2)34-24-8-5-6-9-25(24)35(27(34)37)26(36)29-21-18-22-10-11-23(19-21)33(22)12-7-17-41-28(38)31-13-15-32(16-14-31)42(39,40)30(3)4/h5-6,8-9,20-23H,7,10-19H2,1-4H3,(H,29,36)/t21-,22+,23-. The number of rotatable bonds is 8. The third kappa shape index (κ3) is 5.94. The van der Waals surface area contributed by atoms with E-state index in [0.29, 0.717) is 43.7 Å². The molecule has 2 bridgehead atoms. The van der Waals surface area contributed by atoms with Crippen LogP contribution in [-0.4, -0.2) is 120 Å². The number of hydrogen-bond donors (Lipinski definition) is 1. The summed E-state index contributed by atoms with van der Waals surface area (Å²) in [5, 5.41) is 3.14. The van der Waals surface area contributed by atoms with Gasteiger partial charge in [0.1, 0.15) is 0 Å². The van der Waals surface area contributed by atoms with Crippen molar-refractivity contribution in [3.63, 3.8) is 0 Å². The van der Waals surface area contributed by atoms with Crippen LogP contribution in [0.1, 0.15) is 52.0 Å². The summed E-state index contributed by atoms with van der Waals surface area (Å²) in [4.78, 5) is 43.1. The molecule has 1 aromatic heterocycles. The van der Waals surface area contributed by atoms with E-state index in [-0.39, 0.29) is 36.9 Å². The number of para-hydroxylation sites is 2. The normalized spacial score (nSPS) is 23.7. The van der Waals surface area contributed by atoms with Crippen molar-refractivity contribution in [2.24, 2.45) is 0 Å². The van der Waals surface area contributed by atoms with Crippen LogP contribution in [0.25, 0.3) is 11.0 Å². The third-order valence-corrected chi connectivity index (χ3v) is 10.7. The lowest BCUT2D eigenvalue weighted by molar-refractivity contribution is 0.0753. The smallest absolute Gasteiger partial charge is 0.409 e. The van der Waals surface area contributed by atoms with E-state index in [1.807, 2.05) is 38.1 Å². The molecule has 1 N–H and O–H groups in total. The molecular weight excluding hydrogens is 562 g/mol. The fraction of sp³-hybridized carbons (Fsp3) is 0.679. The molecule has 3 atom stereocenters. The number of nitrogens with one attached hydrogen (secondary N) is 1. The van der Waals surface area contributed by atoms with Crippen molar-refractivity contribution in [3.05, 3.63) is 34.7 Å². The average Bonchev–Trinajstić information content (AvgIpc) is 3.38. The Morgan fingerprint density at radius 1 is 1.02 bits per heavy atom. The fourth-order valence-electron chi connectivity index (χ4n) is 6.69. The first-order valence-corrected chi connectivity index (χ1v) is 16.3. The number of carbonyl (C=O) groups excluding carboxylic acids is 2. The Hall–Kier alpha value is -2.94. The monoisotopic (exact) mass is 605 g/mol. The molecule has 14 heteroatoms. The molecule has 4 heterocycles. The van der Waals surface area contributed by atoms with Gasteiger partial charge in [-0.3, -0.25) is 9.47 Å². The van der Waals surface area contributed by atoms with Crippen molar-refractivity contribution in [2.45, 2.75) is 70.1 Å². The number of hydrogen-bond acceptors (Lipinski definition) is 7. The van der Waals surface area contributed by atoms with Gasteiger partial charge in [-0.2, -0.15) is 17.0 Å². The Morgan fingerprint density at radius 2 is 1.64 bits per heavy atom. The molecule has 2 aromatic rings. The molecule has 0 saturated carbocycles. The number of aromatic nitrogens is 2. The number of fused-ring (bicyclic) bond motifs is 3. The van der Waals surface area contributed by atoms with E-state index in [0.717, 1.165) is 37.7 Å². The first-order chi connectivity index (χ1) is 20.0. The lowest BCUT2D eigenvalue weighted by atomic mass is 9.97. The molecule has 5 rings (SSSR count). The van der Waals surface area contributed by atoms with Crippen LogP contribution in [0.4, 0.5) is 9.59 Å². The maximum absolute atomic E-state index is 13.3. The van der Waals surface area contributed by atoms with E-state index in [1.165, 1.54) is 27.3 Å². The SMILES string of the molecule is CC(C)n1c(=O)n(C(=O)N[C@H]2C[C@H]3CC[C@@H](C2)N3CCCOC(=O)N2CCN(S(=O)(=O)N(C)C)CC2)c2ccccc21.